The molecule has 5 rings (SSSR count). The first-order valence-corrected chi connectivity index (χ1v) is 9.83. The molecular formula is C22H19N5O3. The van der Waals surface area contributed by atoms with E-state index >= 15 is 0 Å². The van der Waals surface area contributed by atoms with Crippen molar-refractivity contribution in [2.45, 2.75) is 31.7 Å². The van der Waals surface area contributed by atoms with Crippen molar-refractivity contribution in [1.82, 2.24) is 20.1 Å². The van der Waals surface area contributed by atoms with Gasteiger partial charge in [-0.1, -0.05) is 24.3 Å². The number of anilines is 1. The SMILES string of the molecule is CC(C(=O)Nc1cccc(-c2n[nH]c(C3CC3)n2)c1)N1C(=O)c2ccccc2C1=O. The Kier molecular flexibility index (Phi) is 4.20. The maximum atomic E-state index is 12.8. The monoisotopic (exact) mass is 401 g/mol. The molecule has 150 valence electrons. The van der Waals surface area contributed by atoms with Crippen LogP contribution in [0.15, 0.2) is 48.5 Å². The van der Waals surface area contributed by atoms with Gasteiger partial charge in [0.25, 0.3) is 11.8 Å². The fourth-order valence-electron chi connectivity index (χ4n) is 3.60. The molecule has 1 aromatic heterocycles. The second-order valence-electron chi connectivity index (χ2n) is 7.59. The fraction of sp³-hybridized carbons (Fsp3) is 0.227. The normalized spacial score (nSPS) is 16.5. The number of nitrogens with one attached hydrogen (secondary N) is 2. The molecule has 1 atom stereocenters. The van der Waals surface area contributed by atoms with Crippen molar-refractivity contribution < 1.29 is 14.4 Å². The molecule has 30 heavy (non-hydrogen) atoms. The number of aromatic amines is 1. The van der Waals surface area contributed by atoms with Crippen LogP contribution in [0, 0.1) is 0 Å². The molecule has 1 saturated carbocycles. The van der Waals surface area contributed by atoms with Gasteiger partial charge in [-0.25, -0.2) is 4.98 Å². The van der Waals surface area contributed by atoms with E-state index < -0.39 is 23.8 Å². The molecule has 0 spiro atoms. The molecule has 1 aliphatic heterocycles. The van der Waals surface area contributed by atoms with E-state index in [2.05, 4.69) is 20.5 Å². The van der Waals surface area contributed by atoms with Gasteiger partial charge >= 0.3 is 0 Å². The number of carbonyl (C=O) groups excluding carboxylic acids is 3. The minimum absolute atomic E-state index is 0.320. The minimum Gasteiger partial charge on any atom is -0.324 e. The molecule has 1 fully saturated rings. The van der Waals surface area contributed by atoms with Gasteiger partial charge in [0, 0.05) is 17.2 Å². The van der Waals surface area contributed by atoms with Crippen LogP contribution in [0.2, 0.25) is 0 Å². The molecule has 8 nitrogen and oxygen atoms in total. The Hall–Kier alpha value is -3.81. The molecule has 2 aromatic carbocycles. The zero-order valence-electron chi connectivity index (χ0n) is 16.3. The Balaban J connectivity index is 1.33. The second-order valence-corrected chi connectivity index (χ2v) is 7.59. The van der Waals surface area contributed by atoms with Gasteiger partial charge in [-0.15, -0.1) is 0 Å². The largest absolute Gasteiger partial charge is 0.324 e. The zero-order chi connectivity index (χ0) is 20.8. The molecule has 0 radical (unpaired) electrons. The summed E-state index contributed by atoms with van der Waals surface area (Å²) in [6.45, 7) is 1.54. The molecule has 2 aliphatic rings. The van der Waals surface area contributed by atoms with Crippen LogP contribution in [0.25, 0.3) is 11.4 Å². The van der Waals surface area contributed by atoms with Gasteiger partial charge in [-0.3, -0.25) is 24.4 Å². The Labute approximate surface area is 172 Å². The van der Waals surface area contributed by atoms with E-state index in [0.717, 1.165) is 29.1 Å². The summed E-state index contributed by atoms with van der Waals surface area (Å²) < 4.78 is 0. The molecule has 2 N–H and O–H groups in total. The highest BCUT2D eigenvalue weighted by molar-refractivity contribution is 6.23. The summed E-state index contributed by atoms with van der Waals surface area (Å²) >= 11 is 0. The van der Waals surface area contributed by atoms with Crippen LogP contribution < -0.4 is 5.32 Å². The minimum atomic E-state index is -0.953. The Morgan fingerprint density at radius 1 is 1.10 bits per heavy atom. The number of amides is 3. The van der Waals surface area contributed by atoms with Gasteiger partial charge in [-0.2, -0.15) is 5.10 Å². The molecule has 1 unspecified atom stereocenters. The zero-order valence-corrected chi connectivity index (χ0v) is 16.3. The molecular weight excluding hydrogens is 382 g/mol. The first kappa shape index (κ1) is 18.2. The Bertz CT molecular complexity index is 1150. The maximum absolute atomic E-state index is 12.8. The fourth-order valence-corrected chi connectivity index (χ4v) is 3.60. The summed E-state index contributed by atoms with van der Waals surface area (Å²) in [7, 11) is 0. The van der Waals surface area contributed by atoms with Gasteiger partial charge in [0.05, 0.1) is 11.1 Å². The average molecular weight is 401 g/mol. The molecule has 0 bridgehead atoms. The van der Waals surface area contributed by atoms with Crippen LogP contribution in [-0.4, -0.2) is 43.8 Å². The quantitative estimate of drug-likeness (QED) is 0.639. The summed E-state index contributed by atoms with van der Waals surface area (Å²) in [6.07, 6.45) is 2.25. The molecule has 3 amide bonds. The van der Waals surface area contributed by atoms with E-state index in [1.807, 2.05) is 6.07 Å². The highest BCUT2D eigenvalue weighted by Crippen LogP contribution is 2.38. The Morgan fingerprint density at radius 3 is 2.47 bits per heavy atom. The van der Waals surface area contributed by atoms with E-state index in [1.165, 1.54) is 6.92 Å². The third-order valence-electron chi connectivity index (χ3n) is 5.45. The number of aromatic nitrogens is 3. The predicted octanol–water partition coefficient (Wildman–Crippen LogP) is 2.97. The van der Waals surface area contributed by atoms with Crippen molar-refractivity contribution in [2.75, 3.05) is 5.32 Å². The topological polar surface area (TPSA) is 108 Å². The van der Waals surface area contributed by atoms with E-state index in [9.17, 15) is 14.4 Å². The first-order chi connectivity index (χ1) is 14.5. The summed E-state index contributed by atoms with van der Waals surface area (Å²) in [5.74, 6) is 0.561. The van der Waals surface area contributed by atoms with Gasteiger partial charge in [0.2, 0.25) is 5.91 Å². The van der Waals surface area contributed by atoms with E-state index in [-0.39, 0.29) is 0 Å². The number of carbonyl (C=O) groups is 3. The van der Waals surface area contributed by atoms with Crippen LogP contribution in [0.4, 0.5) is 5.69 Å². The third kappa shape index (κ3) is 3.06. The lowest BCUT2D eigenvalue weighted by Gasteiger charge is -2.21. The summed E-state index contributed by atoms with van der Waals surface area (Å²) in [4.78, 5) is 43.5. The summed E-state index contributed by atoms with van der Waals surface area (Å²) in [6, 6.07) is 12.8. The van der Waals surface area contributed by atoms with Crippen LogP contribution in [0.5, 0.6) is 0 Å². The number of benzene rings is 2. The lowest BCUT2D eigenvalue weighted by Crippen LogP contribution is -2.45. The second kappa shape index (κ2) is 6.91. The number of imide groups is 1. The lowest BCUT2D eigenvalue weighted by atomic mass is 10.1. The van der Waals surface area contributed by atoms with Crippen molar-refractivity contribution in [3.63, 3.8) is 0 Å². The van der Waals surface area contributed by atoms with Crippen LogP contribution in [0.1, 0.15) is 52.2 Å². The first-order valence-electron chi connectivity index (χ1n) is 9.83. The number of rotatable bonds is 5. The van der Waals surface area contributed by atoms with Crippen molar-refractivity contribution >= 4 is 23.4 Å². The standard InChI is InChI=1S/C22H19N5O3/c1-12(27-21(29)16-7-2-3-8-17(16)22(27)30)20(28)23-15-6-4-5-14(11-15)19-24-18(25-26-19)13-9-10-13/h2-8,11-13H,9-10H2,1H3,(H,23,28)(H,24,25,26). The van der Waals surface area contributed by atoms with Crippen molar-refractivity contribution in [3.8, 4) is 11.4 Å². The van der Waals surface area contributed by atoms with Crippen molar-refractivity contribution in [1.29, 1.82) is 0 Å². The van der Waals surface area contributed by atoms with Crippen molar-refractivity contribution in [3.05, 3.63) is 65.5 Å². The highest BCUT2D eigenvalue weighted by Gasteiger charge is 2.40. The van der Waals surface area contributed by atoms with Gasteiger partial charge < -0.3 is 5.32 Å². The number of fused-ring (bicyclic) bond motifs is 1. The maximum Gasteiger partial charge on any atom is 0.262 e. The molecule has 8 heteroatoms. The smallest absolute Gasteiger partial charge is 0.262 e. The lowest BCUT2D eigenvalue weighted by molar-refractivity contribution is -0.119. The van der Waals surface area contributed by atoms with Crippen LogP contribution >= 0.6 is 0 Å². The third-order valence-corrected chi connectivity index (χ3v) is 5.45. The number of hydrogen-bond acceptors (Lipinski definition) is 5. The molecule has 1 aliphatic carbocycles. The number of hydrogen-bond donors (Lipinski definition) is 2. The number of nitrogens with zero attached hydrogens (tertiary/aromatic N) is 3. The van der Waals surface area contributed by atoms with Gasteiger partial charge in [-0.05, 0) is 44.0 Å². The van der Waals surface area contributed by atoms with E-state index in [4.69, 9.17) is 0 Å². The predicted molar refractivity (Wildman–Crippen MR) is 109 cm³/mol. The molecule has 2 heterocycles. The summed E-state index contributed by atoms with van der Waals surface area (Å²) in [5.41, 5.74) is 1.95. The van der Waals surface area contributed by atoms with Crippen LogP contribution in [-0.2, 0) is 4.79 Å². The molecule has 0 saturated heterocycles. The van der Waals surface area contributed by atoms with E-state index in [0.29, 0.717) is 28.6 Å². The average Bonchev–Trinajstić information content (AvgIpc) is 3.43. The Morgan fingerprint density at radius 2 is 1.80 bits per heavy atom. The van der Waals surface area contributed by atoms with Crippen molar-refractivity contribution in [2.24, 2.45) is 0 Å². The summed E-state index contributed by atoms with van der Waals surface area (Å²) in [5, 5.41) is 10.0. The van der Waals surface area contributed by atoms with E-state index in [1.54, 1.807) is 42.5 Å². The number of H-pyrrole nitrogens is 1. The van der Waals surface area contributed by atoms with Crippen LogP contribution in [0.3, 0.4) is 0 Å². The highest BCUT2D eigenvalue weighted by atomic mass is 16.2. The van der Waals surface area contributed by atoms with Gasteiger partial charge in [0.1, 0.15) is 11.9 Å². The molecule has 3 aromatic rings. The van der Waals surface area contributed by atoms with Gasteiger partial charge in [0.15, 0.2) is 5.82 Å².